The summed E-state index contributed by atoms with van der Waals surface area (Å²) in [5.74, 6) is 2.18. The highest BCUT2D eigenvalue weighted by Crippen LogP contribution is 2.39. The van der Waals surface area contributed by atoms with Crippen LogP contribution in [0.3, 0.4) is 0 Å². The lowest BCUT2D eigenvalue weighted by molar-refractivity contribution is 0.0922. The van der Waals surface area contributed by atoms with Gasteiger partial charge in [-0.2, -0.15) is 0 Å². The van der Waals surface area contributed by atoms with Crippen molar-refractivity contribution in [2.24, 2.45) is 0 Å². The molecule has 3 aromatic rings. The van der Waals surface area contributed by atoms with E-state index in [9.17, 15) is 4.79 Å². The van der Waals surface area contributed by atoms with E-state index in [2.05, 4.69) is 26.4 Å². The van der Waals surface area contributed by atoms with Gasteiger partial charge in [-0.15, -0.1) is 5.10 Å². The van der Waals surface area contributed by atoms with Crippen LogP contribution in [-0.4, -0.2) is 46.9 Å². The standard InChI is InChI=1S/C24H27N5O2/c1-31-21-11-5-10-20(15-21)28-14-6-7-18(16-28)25-24(30)22-26-23(17-12-13-17)29(27-22)19-8-3-2-4-9-19/h2-5,8-11,15,17-18H,6-7,12-14,16H2,1H3,(H,25,30). The van der Waals surface area contributed by atoms with Crippen LogP contribution in [0.2, 0.25) is 0 Å². The summed E-state index contributed by atoms with van der Waals surface area (Å²) in [6, 6.07) is 18.0. The van der Waals surface area contributed by atoms with Crippen LogP contribution in [-0.2, 0) is 0 Å². The lowest BCUT2D eigenvalue weighted by Crippen LogP contribution is -2.48. The molecule has 5 rings (SSSR count). The fraction of sp³-hybridized carbons (Fsp3) is 0.375. The summed E-state index contributed by atoms with van der Waals surface area (Å²) in [6.07, 6.45) is 4.16. The zero-order valence-corrected chi connectivity index (χ0v) is 17.7. The van der Waals surface area contributed by atoms with E-state index in [-0.39, 0.29) is 17.8 Å². The van der Waals surface area contributed by atoms with Crippen molar-refractivity contribution in [2.45, 2.75) is 37.6 Å². The van der Waals surface area contributed by atoms with Gasteiger partial charge in [-0.3, -0.25) is 4.79 Å². The van der Waals surface area contributed by atoms with Gasteiger partial charge in [-0.05, 0) is 49.9 Å². The molecule has 1 unspecified atom stereocenters. The van der Waals surface area contributed by atoms with Crippen molar-refractivity contribution in [1.29, 1.82) is 0 Å². The minimum Gasteiger partial charge on any atom is -0.497 e. The summed E-state index contributed by atoms with van der Waals surface area (Å²) in [5.41, 5.74) is 2.05. The van der Waals surface area contributed by atoms with Crippen LogP contribution in [0.5, 0.6) is 5.75 Å². The monoisotopic (exact) mass is 417 g/mol. The van der Waals surface area contributed by atoms with Crippen LogP contribution in [0.1, 0.15) is 48.0 Å². The average Bonchev–Trinajstić information content (AvgIpc) is 3.57. The van der Waals surface area contributed by atoms with E-state index in [1.807, 2.05) is 53.2 Å². The molecule has 1 aliphatic carbocycles. The van der Waals surface area contributed by atoms with Crippen LogP contribution >= 0.6 is 0 Å². The van der Waals surface area contributed by atoms with Crippen LogP contribution in [0, 0.1) is 0 Å². The topological polar surface area (TPSA) is 72.3 Å². The number of rotatable bonds is 6. The largest absolute Gasteiger partial charge is 0.497 e. The molecular weight excluding hydrogens is 390 g/mol. The number of hydrogen-bond acceptors (Lipinski definition) is 5. The van der Waals surface area contributed by atoms with Crippen LogP contribution in [0.15, 0.2) is 54.6 Å². The highest BCUT2D eigenvalue weighted by atomic mass is 16.5. The Labute approximate surface area is 182 Å². The number of aromatic nitrogens is 3. The van der Waals surface area contributed by atoms with Crippen molar-refractivity contribution in [2.75, 3.05) is 25.1 Å². The number of anilines is 1. The number of nitrogens with one attached hydrogen (secondary N) is 1. The molecule has 1 atom stereocenters. The maximum Gasteiger partial charge on any atom is 0.291 e. The van der Waals surface area contributed by atoms with Gasteiger partial charge in [0.25, 0.3) is 5.91 Å². The fourth-order valence-corrected chi connectivity index (χ4v) is 4.17. The van der Waals surface area contributed by atoms with Gasteiger partial charge in [0.2, 0.25) is 5.82 Å². The molecule has 1 amide bonds. The average molecular weight is 418 g/mol. The zero-order valence-electron chi connectivity index (χ0n) is 17.7. The second kappa shape index (κ2) is 8.41. The molecule has 2 fully saturated rings. The van der Waals surface area contributed by atoms with E-state index >= 15 is 0 Å². The number of para-hydroxylation sites is 1. The van der Waals surface area contributed by atoms with Crippen molar-refractivity contribution >= 4 is 11.6 Å². The SMILES string of the molecule is COc1cccc(N2CCCC(NC(=O)c3nc(C4CC4)n(-c4ccccc4)n3)C2)c1. The summed E-state index contributed by atoms with van der Waals surface area (Å²) < 4.78 is 7.18. The van der Waals surface area contributed by atoms with Gasteiger partial charge >= 0.3 is 0 Å². The van der Waals surface area contributed by atoms with Crippen LogP contribution in [0.4, 0.5) is 5.69 Å². The quantitative estimate of drug-likeness (QED) is 0.664. The second-order valence-corrected chi connectivity index (χ2v) is 8.28. The molecule has 1 aliphatic heterocycles. The molecule has 0 bridgehead atoms. The maximum atomic E-state index is 13.0. The number of carbonyl (C=O) groups is 1. The normalized spacial score (nSPS) is 18.6. The Kier molecular flexibility index (Phi) is 5.32. The maximum absolute atomic E-state index is 13.0. The molecule has 1 aromatic heterocycles. The molecule has 0 spiro atoms. The lowest BCUT2D eigenvalue weighted by Gasteiger charge is -2.34. The second-order valence-electron chi connectivity index (χ2n) is 8.28. The fourth-order valence-electron chi connectivity index (χ4n) is 4.17. The smallest absolute Gasteiger partial charge is 0.291 e. The first-order valence-corrected chi connectivity index (χ1v) is 10.9. The number of amides is 1. The summed E-state index contributed by atoms with van der Waals surface area (Å²) in [7, 11) is 1.68. The Hall–Kier alpha value is -3.35. The van der Waals surface area contributed by atoms with Crippen LogP contribution in [0.25, 0.3) is 5.69 Å². The highest BCUT2D eigenvalue weighted by molar-refractivity contribution is 5.90. The molecule has 0 radical (unpaired) electrons. The molecule has 7 nitrogen and oxygen atoms in total. The summed E-state index contributed by atoms with van der Waals surface area (Å²) in [5, 5.41) is 7.74. The molecule has 31 heavy (non-hydrogen) atoms. The first-order valence-electron chi connectivity index (χ1n) is 10.9. The van der Waals surface area contributed by atoms with Gasteiger partial charge in [-0.1, -0.05) is 24.3 Å². The third kappa shape index (κ3) is 4.26. The summed E-state index contributed by atoms with van der Waals surface area (Å²) in [4.78, 5) is 19.9. The van der Waals surface area contributed by atoms with E-state index in [4.69, 9.17) is 4.74 Å². The van der Waals surface area contributed by atoms with Crippen molar-refractivity contribution in [3.63, 3.8) is 0 Å². The Morgan fingerprint density at radius 3 is 2.65 bits per heavy atom. The lowest BCUT2D eigenvalue weighted by atomic mass is 10.0. The Bertz CT molecular complexity index is 1060. The van der Waals surface area contributed by atoms with Gasteiger partial charge in [-0.25, -0.2) is 9.67 Å². The minimum atomic E-state index is -0.200. The molecular formula is C24H27N5O2. The molecule has 2 aromatic carbocycles. The molecule has 160 valence electrons. The van der Waals surface area contributed by atoms with Gasteiger partial charge in [0, 0.05) is 36.8 Å². The molecule has 1 saturated heterocycles. The van der Waals surface area contributed by atoms with Crippen molar-refractivity contribution in [1.82, 2.24) is 20.1 Å². The number of methoxy groups -OCH3 is 1. The van der Waals surface area contributed by atoms with Gasteiger partial charge in [0.1, 0.15) is 11.6 Å². The van der Waals surface area contributed by atoms with E-state index in [0.29, 0.717) is 5.92 Å². The predicted molar refractivity (Wildman–Crippen MR) is 119 cm³/mol. The van der Waals surface area contributed by atoms with E-state index < -0.39 is 0 Å². The Balaban J connectivity index is 1.31. The number of carbonyl (C=O) groups excluding carboxylic acids is 1. The molecule has 2 aliphatic rings. The Morgan fingerprint density at radius 1 is 1.06 bits per heavy atom. The summed E-state index contributed by atoms with van der Waals surface area (Å²) >= 11 is 0. The minimum absolute atomic E-state index is 0.0560. The van der Waals surface area contributed by atoms with Crippen molar-refractivity contribution < 1.29 is 9.53 Å². The van der Waals surface area contributed by atoms with E-state index in [1.54, 1.807) is 7.11 Å². The van der Waals surface area contributed by atoms with Crippen molar-refractivity contribution in [3.8, 4) is 11.4 Å². The number of nitrogens with zero attached hydrogens (tertiary/aromatic N) is 4. The predicted octanol–water partition coefficient (Wildman–Crippen LogP) is 3.55. The highest BCUT2D eigenvalue weighted by Gasteiger charge is 2.32. The molecule has 7 heteroatoms. The third-order valence-corrected chi connectivity index (χ3v) is 5.95. The molecule has 1 N–H and O–H groups in total. The molecule has 1 saturated carbocycles. The zero-order chi connectivity index (χ0) is 21.2. The van der Waals surface area contributed by atoms with E-state index in [1.165, 1.54) is 0 Å². The first kappa shape index (κ1) is 19.6. The van der Waals surface area contributed by atoms with Gasteiger partial charge < -0.3 is 15.0 Å². The molecule has 2 heterocycles. The van der Waals surface area contributed by atoms with Crippen LogP contribution < -0.4 is 15.0 Å². The summed E-state index contributed by atoms with van der Waals surface area (Å²) in [6.45, 7) is 1.72. The Morgan fingerprint density at radius 2 is 1.87 bits per heavy atom. The first-order chi connectivity index (χ1) is 15.2. The van der Waals surface area contributed by atoms with Gasteiger partial charge in [0.15, 0.2) is 0 Å². The number of piperidine rings is 1. The number of ether oxygens (including phenoxy) is 1. The third-order valence-electron chi connectivity index (χ3n) is 5.95. The van der Waals surface area contributed by atoms with Crippen molar-refractivity contribution in [3.05, 3.63) is 66.2 Å². The van der Waals surface area contributed by atoms with E-state index in [0.717, 1.165) is 61.7 Å². The van der Waals surface area contributed by atoms with Gasteiger partial charge in [0.05, 0.1) is 12.8 Å². The number of benzene rings is 2. The number of hydrogen-bond donors (Lipinski definition) is 1.